The van der Waals surface area contributed by atoms with Gasteiger partial charge in [0.1, 0.15) is 11.2 Å². The van der Waals surface area contributed by atoms with Crippen LogP contribution in [-0.4, -0.2) is 15.0 Å². The highest BCUT2D eigenvalue weighted by Crippen LogP contribution is 2.40. The largest absolute Gasteiger partial charge is 0.456 e. The molecular formula is C52H32N4O. The maximum absolute atomic E-state index is 9.91. The van der Waals surface area contributed by atoms with E-state index in [4.69, 9.17) is 19.4 Å². The fraction of sp³-hybridized carbons (Fsp3) is 0. The molecule has 57 heavy (non-hydrogen) atoms. The van der Waals surface area contributed by atoms with E-state index in [-0.39, 0.29) is 0 Å². The van der Waals surface area contributed by atoms with E-state index in [1.807, 2.05) is 97.1 Å². The van der Waals surface area contributed by atoms with Gasteiger partial charge in [0, 0.05) is 27.5 Å². The van der Waals surface area contributed by atoms with E-state index >= 15 is 0 Å². The zero-order chi connectivity index (χ0) is 38.1. The van der Waals surface area contributed by atoms with Crippen LogP contribution in [-0.2, 0) is 0 Å². The summed E-state index contributed by atoms with van der Waals surface area (Å²) in [5, 5.41) is 12.0. The molecule has 0 aliphatic carbocycles. The van der Waals surface area contributed by atoms with Crippen molar-refractivity contribution in [2.75, 3.05) is 0 Å². The van der Waals surface area contributed by atoms with Crippen LogP contribution in [0.4, 0.5) is 0 Å². The van der Waals surface area contributed by atoms with Crippen LogP contribution in [0.25, 0.3) is 101 Å². The molecule has 0 fully saturated rings. The van der Waals surface area contributed by atoms with Gasteiger partial charge in [-0.2, -0.15) is 5.26 Å². The van der Waals surface area contributed by atoms with Gasteiger partial charge in [0.25, 0.3) is 0 Å². The van der Waals surface area contributed by atoms with Gasteiger partial charge in [-0.05, 0) is 87.0 Å². The van der Waals surface area contributed by atoms with Crippen LogP contribution >= 0.6 is 0 Å². The SMILES string of the molecule is N#Cc1ccccc1-c1ccc(-c2nc(-c3ccccc3)nc(-c3ccc4c(c3)oc3cccc(-c5cccc(-c6ccccc6)c5)c34)n2)c(-c2ccccc2)c1. The lowest BCUT2D eigenvalue weighted by Crippen LogP contribution is -2.01. The van der Waals surface area contributed by atoms with Crippen molar-refractivity contribution in [1.82, 2.24) is 15.0 Å². The van der Waals surface area contributed by atoms with E-state index in [1.165, 1.54) is 5.56 Å². The maximum atomic E-state index is 9.91. The third kappa shape index (κ3) is 6.32. The van der Waals surface area contributed by atoms with Gasteiger partial charge in [-0.3, -0.25) is 0 Å². The summed E-state index contributed by atoms with van der Waals surface area (Å²) >= 11 is 0. The average molecular weight is 729 g/mol. The molecule has 5 heteroatoms. The highest BCUT2D eigenvalue weighted by atomic mass is 16.3. The number of aromatic nitrogens is 3. The summed E-state index contributed by atoms with van der Waals surface area (Å²) in [6.07, 6.45) is 0. The standard InChI is InChI=1S/C52H32N4O/c53-33-41-20-10-11-23-42(41)39-26-28-44(46(31-39)35-16-6-2-7-17-35)52-55-50(36-18-8-3-9-19-36)54-51(56-52)40-27-29-45-48(32-40)57-47-25-13-24-43(49(45)47)38-22-12-21-37(30-38)34-14-4-1-5-15-34/h1-32H. The van der Waals surface area contributed by atoms with Gasteiger partial charge in [0.2, 0.25) is 0 Å². The van der Waals surface area contributed by atoms with Gasteiger partial charge in [0.15, 0.2) is 17.5 Å². The molecule has 2 aromatic heterocycles. The highest BCUT2D eigenvalue weighted by Gasteiger charge is 2.19. The Hall–Kier alpha value is -7.94. The van der Waals surface area contributed by atoms with Gasteiger partial charge in [0.05, 0.1) is 11.6 Å². The van der Waals surface area contributed by atoms with Crippen molar-refractivity contribution in [2.45, 2.75) is 0 Å². The lowest BCUT2D eigenvalue weighted by Gasteiger charge is -2.14. The lowest BCUT2D eigenvalue weighted by atomic mass is 9.92. The Morgan fingerprint density at radius 1 is 0.351 bits per heavy atom. The van der Waals surface area contributed by atoms with Crippen LogP contribution in [0.5, 0.6) is 0 Å². The molecule has 5 nitrogen and oxygen atoms in total. The number of hydrogen-bond acceptors (Lipinski definition) is 5. The molecule has 8 aromatic carbocycles. The average Bonchev–Trinajstić information content (AvgIpc) is 3.68. The smallest absolute Gasteiger partial charge is 0.164 e. The van der Waals surface area contributed by atoms with Crippen molar-refractivity contribution in [3.8, 4) is 84.7 Å². The first kappa shape index (κ1) is 33.6. The van der Waals surface area contributed by atoms with Crippen LogP contribution in [0, 0.1) is 11.3 Å². The van der Waals surface area contributed by atoms with Crippen LogP contribution in [0.1, 0.15) is 5.56 Å². The molecular weight excluding hydrogens is 697 g/mol. The lowest BCUT2D eigenvalue weighted by molar-refractivity contribution is 0.669. The summed E-state index contributed by atoms with van der Waals surface area (Å²) in [7, 11) is 0. The number of fused-ring (bicyclic) bond motifs is 3. The molecule has 0 bridgehead atoms. The minimum absolute atomic E-state index is 0.537. The normalized spacial score (nSPS) is 11.1. The van der Waals surface area contributed by atoms with Crippen LogP contribution in [0.2, 0.25) is 0 Å². The first-order valence-electron chi connectivity index (χ1n) is 18.8. The summed E-state index contributed by atoms with van der Waals surface area (Å²) in [6.45, 7) is 0. The Morgan fingerprint density at radius 2 is 0.930 bits per heavy atom. The van der Waals surface area contributed by atoms with Gasteiger partial charge in [-0.25, -0.2) is 15.0 Å². The van der Waals surface area contributed by atoms with E-state index < -0.39 is 0 Å². The van der Waals surface area contributed by atoms with Gasteiger partial charge >= 0.3 is 0 Å². The van der Waals surface area contributed by atoms with Crippen molar-refractivity contribution < 1.29 is 4.42 Å². The molecule has 0 spiro atoms. The number of hydrogen-bond donors (Lipinski definition) is 0. The summed E-state index contributed by atoms with van der Waals surface area (Å²) in [5.41, 5.74) is 13.1. The zero-order valence-electron chi connectivity index (χ0n) is 30.7. The number of nitrogens with zero attached hydrogens (tertiary/aromatic N) is 4. The molecule has 0 amide bonds. The molecule has 0 N–H and O–H groups in total. The molecule has 0 unspecified atom stereocenters. The van der Waals surface area contributed by atoms with Gasteiger partial charge < -0.3 is 4.42 Å². The number of furan rings is 1. The molecule has 10 rings (SSSR count). The summed E-state index contributed by atoms with van der Waals surface area (Å²) in [6, 6.07) is 68.0. The maximum Gasteiger partial charge on any atom is 0.164 e. The molecule has 0 aliphatic heterocycles. The Kier molecular flexibility index (Phi) is 8.48. The monoisotopic (exact) mass is 728 g/mol. The molecule has 0 radical (unpaired) electrons. The predicted octanol–water partition coefficient (Wildman–Crippen LogP) is 13.3. The van der Waals surface area contributed by atoms with Crippen LogP contribution in [0.3, 0.4) is 0 Å². The molecule has 0 saturated heterocycles. The fourth-order valence-electron chi connectivity index (χ4n) is 7.64. The van der Waals surface area contributed by atoms with E-state index in [0.29, 0.717) is 23.0 Å². The fourth-order valence-corrected chi connectivity index (χ4v) is 7.64. The predicted molar refractivity (Wildman–Crippen MR) is 230 cm³/mol. The van der Waals surface area contributed by atoms with Crippen LogP contribution in [0.15, 0.2) is 199 Å². The zero-order valence-corrected chi connectivity index (χ0v) is 30.7. The minimum atomic E-state index is 0.537. The van der Waals surface area contributed by atoms with Crippen molar-refractivity contribution >= 4 is 21.9 Å². The number of rotatable bonds is 7. The quantitative estimate of drug-likeness (QED) is 0.163. The van der Waals surface area contributed by atoms with Crippen LogP contribution < -0.4 is 0 Å². The van der Waals surface area contributed by atoms with E-state index in [2.05, 4.69) is 103 Å². The molecule has 0 saturated carbocycles. The third-order valence-corrected chi connectivity index (χ3v) is 10.4. The van der Waals surface area contributed by atoms with Crippen molar-refractivity contribution in [1.29, 1.82) is 5.26 Å². The van der Waals surface area contributed by atoms with E-state index in [9.17, 15) is 5.26 Å². The Balaban J connectivity index is 1.13. The van der Waals surface area contributed by atoms with Gasteiger partial charge in [-0.1, -0.05) is 152 Å². The second kappa shape index (κ2) is 14.4. The summed E-state index contributed by atoms with van der Waals surface area (Å²) < 4.78 is 6.58. The number of nitriles is 1. The minimum Gasteiger partial charge on any atom is -0.456 e. The van der Waals surface area contributed by atoms with E-state index in [1.54, 1.807) is 0 Å². The second-order valence-electron chi connectivity index (χ2n) is 13.9. The molecule has 266 valence electrons. The topological polar surface area (TPSA) is 75.6 Å². The molecule has 0 atom stereocenters. The third-order valence-electron chi connectivity index (χ3n) is 10.4. The second-order valence-corrected chi connectivity index (χ2v) is 13.9. The van der Waals surface area contributed by atoms with E-state index in [0.717, 1.165) is 77.6 Å². The summed E-state index contributed by atoms with van der Waals surface area (Å²) in [4.78, 5) is 15.3. The van der Waals surface area contributed by atoms with Gasteiger partial charge in [-0.15, -0.1) is 0 Å². The number of benzene rings is 8. The first-order valence-corrected chi connectivity index (χ1v) is 18.8. The Labute approximate surface area is 329 Å². The molecule has 2 heterocycles. The Morgan fingerprint density at radius 3 is 1.70 bits per heavy atom. The molecule has 10 aromatic rings. The van der Waals surface area contributed by atoms with Crippen molar-refractivity contribution in [2.24, 2.45) is 0 Å². The Bertz CT molecular complexity index is 3130. The van der Waals surface area contributed by atoms with Crippen molar-refractivity contribution in [3.05, 3.63) is 200 Å². The van der Waals surface area contributed by atoms with Crippen molar-refractivity contribution in [3.63, 3.8) is 0 Å². The summed E-state index contributed by atoms with van der Waals surface area (Å²) in [5.74, 6) is 1.65. The first-order chi connectivity index (χ1) is 28.2. The molecule has 0 aliphatic rings. The highest BCUT2D eigenvalue weighted by molar-refractivity contribution is 6.13.